The van der Waals surface area contributed by atoms with Crippen LogP contribution in [0.2, 0.25) is 35.5 Å². The normalized spacial score (nSPS) is 9.23. The molecule has 0 unspecified atom stereocenters. The fourth-order valence-corrected chi connectivity index (χ4v) is 27.9. The summed E-state index contributed by atoms with van der Waals surface area (Å²) < 4.78 is 23.9. The maximum absolute atomic E-state index is 6.22. The third-order valence-corrected chi connectivity index (χ3v) is 32.9. The van der Waals surface area contributed by atoms with Crippen molar-refractivity contribution in [2.24, 2.45) is 0 Å². The van der Waals surface area contributed by atoms with E-state index < -0.39 is 40.3 Å². The molecule has 0 aromatic heterocycles. The van der Waals surface area contributed by atoms with Crippen LogP contribution in [0.25, 0.3) is 0 Å². The molecule has 4 aromatic carbocycles. The molecule has 79 heavy (non-hydrogen) atoms. The van der Waals surface area contributed by atoms with Crippen molar-refractivity contribution in [2.45, 2.75) is 287 Å². The van der Waals surface area contributed by atoms with Gasteiger partial charge in [0.2, 0.25) is 0 Å². The second-order valence-electron chi connectivity index (χ2n) is 18.6. The van der Waals surface area contributed by atoms with Gasteiger partial charge in [-0.2, -0.15) is 0 Å². The minimum Gasteiger partial charge on any atom is -0.412 e. The van der Waals surface area contributed by atoms with Gasteiger partial charge in [-0.25, -0.2) is 0 Å². The van der Waals surface area contributed by atoms with Crippen LogP contribution in [-0.4, -0.2) is 101 Å². The average molecular weight is 1530 g/mol. The Morgan fingerprint density at radius 1 is 0.278 bits per heavy atom. The molecule has 0 aliphatic carbocycles. The van der Waals surface area contributed by atoms with E-state index in [0.29, 0.717) is 0 Å². The minimum absolute atomic E-state index is 0. The molecule has 4 aromatic rings. The molecule has 0 atom stereocenters. The van der Waals surface area contributed by atoms with Crippen molar-refractivity contribution >= 4 is 82.6 Å². The summed E-state index contributed by atoms with van der Waals surface area (Å²) in [7, 11) is 1.92. The minimum atomic E-state index is -1.58. The third-order valence-electron chi connectivity index (χ3n) is 11.3. The van der Waals surface area contributed by atoms with Crippen molar-refractivity contribution in [1.29, 1.82) is 0 Å². The fourth-order valence-electron chi connectivity index (χ4n) is 6.53. The Morgan fingerprint density at radius 3 is 0.696 bits per heavy atom. The van der Waals surface area contributed by atoms with Gasteiger partial charge < -0.3 is 11.0 Å². The van der Waals surface area contributed by atoms with Gasteiger partial charge in [-0.3, -0.25) is 0 Å². The number of rotatable bonds is 34. The summed E-state index contributed by atoms with van der Waals surface area (Å²) in [6.45, 7) is 30.8. The first-order valence-corrected chi connectivity index (χ1v) is 50.8. The zero-order valence-corrected chi connectivity index (χ0v) is 66.6. The summed E-state index contributed by atoms with van der Waals surface area (Å²) >= 11 is -2.56. The Morgan fingerprint density at radius 2 is 0.481 bits per heavy atom. The van der Waals surface area contributed by atoms with Crippen LogP contribution in [0.1, 0.15) is 251 Å². The van der Waals surface area contributed by atoms with E-state index in [1.54, 1.807) is 17.7 Å². The van der Waals surface area contributed by atoms with Crippen LogP contribution in [-0.2, 0) is 3.07 Å². The molecular weight excluding hydrogens is 1390 g/mol. The molecule has 0 aliphatic heterocycles. The molecule has 0 heterocycles. The van der Waals surface area contributed by atoms with E-state index in [2.05, 4.69) is 93.5 Å². The van der Waals surface area contributed by atoms with Gasteiger partial charge in [0.25, 0.3) is 0 Å². The quantitative estimate of drug-likeness (QED) is 0.0345. The SMILES string of the molecule is CC.CC.CCCCCCCCCC.CCC[CH2][Sn]([CH2]CCC)[O]C.CCC[CH2][Sn]([CH2]CCC)[O]c1ccccc1.CCC[CH2][Sn][CH2]CCC.CCC[CH2][Sn][CH2]CCC.O.O.c1ccccc1.c1ccccc1.c1ccccc1. The molecule has 6 radical (unpaired) electrons. The second-order valence-corrected chi connectivity index (χ2v) is 40.8. The Bertz CT molecular complexity index is 1190. The van der Waals surface area contributed by atoms with Crippen molar-refractivity contribution in [3.8, 4) is 5.75 Å². The zero-order valence-electron chi connectivity index (χ0n) is 55.2. The molecule has 0 amide bonds. The first kappa shape index (κ1) is 95.1. The Kier molecular flexibility index (Phi) is 120. The van der Waals surface area contributed by atoms with Crippen molar-refractivity contribution in [1.82, 2.24) is 0 Å². The van der Waals surface area contributed by atoms with Crippen molar-refractivity contribution in [3.63, 3.8) is 0 Å². The molecule has 4 N–H and O–H groups in total. The molecule has 0 saturated carbocycles. The topological polar surface area (TPSA) is 81.5 Å². The van der Waals surface area contributed by atoms with Crippen molar-refractivity contribution in [2.75, 3.05) is 7.11 Å². The third kappa shape index (κ3) is 100. The van der Waals surface area contributed by atoms with E-state index in [1.807, 2.05) is 150 Å². The summed E-state index contributed by atoms with van der Waals surface area (Å²) in [6, 6.07) is 46.4. The zero-order chi connectivity index (χ0) is 58.5. The number of hydrogen-bond acceptors (Lipinski definition) is 2. The number of para-hydroxylation sites is 1. The molecule has 460 valence electrons. The Labute approximate surface area is 533 Å². The molecule has 4 nitrogen and oxygen atoms in total. The van der Waals surface area contributed by atoms with Crippen LogP contribution < -0.4 is 3.07 Å². The number of hydrogen-bond donors (Lipinski definition) is 0. The number of benzene rings is 4. The summed E-state index contributed by atoms with van der Waals surface area (Å²) in [4.78, 5) is 0. The molecule has 4 rings (SSSR count). The van der Waals surface area contributed by atoms with E-state index in [0.717, 1.165) is 5.75 Å². The van der Waals surface area contributed by atoms with E-state index in [9.17, 15) is 0 Å². The maximum atomic E-state index is 6.22. The van der Waals surface area contributed by atoms with Crippen molar-refractivity contribution in [3.05, 3.63) is 140 Å². The summed E-state index contributed by atoms with van der Waals surface area (Å²) in [6.07, 6.45) is 33.9. The van der Waals surface area contributed by atoms with Gasteiger partial charge in [-0.1, -0.05) is 202 Å². The smallest absolute Gasteiger partial charge is 0.0623 e. The average Bonchev–Trinajstić information content (AvgIpc) is 3.50. The first-order valence-electron chi connectivity index (χ1n) is 32.3. The fraction of sp³-hybridized carbons (Fsp3) is 0.662. The predicted molar refractivity (Wildman–Crippen MR) is 372 cm³/mol. The van der Waals surface area contributed by atoms with E-state index in [1.165, 1.54) is 172 Å². The Balaban J connectivity index is -0.000000122. The van der Waals surface area contributed by atoms with Crippen LogP contribution >= 0.6 is 0 Å². The van der Waals surface area contributed by atoms with Crippen LogP contribution in [0.15, 0.2) is 140 Å². The largest absolute Gasteiger partial charge is 0.412 e. The van der Waals surface area contributed by atoms with Gasteiger partial charge in [0.1, 0.15) is 0 Å². The Hall–Kier alpha value is -0.245. The van der Waals surface area contributed by atoms with Gasteiger partial charge in [-0.15, -0.1) is 0 Å². The van der Waals surface area contributed by atoms with Crippen LogP contribution in [0, 0.1) is 0 Å². The molecule has 0 saturated heterocycles. The van der Waals surface area contributed by atoms with Crippen LogP contribution in [0.3, 0.4) is 0 Å². The van der Waals surface area contributed by atoms with Gasteiger partial charge in [-0.05, 0) is 0 Å². The summed E-state index contributed by atoms with van der Waals surface area (Å²) in [5.41, 5.74) is 0. The molecule has 0 bridgehead atoms. The van der Waals surface area contributed by atoms with Gasteiger partial charge in [0.05, 0.1) is 0 Å². The van der Waals surface area contributed by atoms with Gasteiger partial charge in [0.15, 0.2) is 0 Å². The van der Waals surface area contributed by atoms with E-state index in [4.69, 9.17) is 6.15 Å². The monoisotopic (exact) mass is 1530 g/mol. The van der Waals surface area contributed by atoms with E-state index >= 15 is 0 Å². The standard InChI is InChI=1S/C10H22.C6H6O.3C6H6.8C4H9.2C2H6.CH3O.2H2O.4Sn/c1-3-5-7-9-10-8-6-4-2;7-6-4-2-1-3-5-6;3*1-2-4-6-5-3-1;8*1-3-4-2;3*1-2;;;;;;/h3-10H2,1-2H3;1-5,7H;3*1-6H;8*1,3-4H2,2H3;2*1-2H3;1H3;2*1H2;;;;/q;;;;;;;;;;;;;;;-1;;;;;2*+1/p-1. The molecule has 0 aliphatic rings. The first-order chi connectivity index (χ1) is 38.0. The molecule has 0 fully saturated rings. The summed E-state index contributed by atoms with van der Waals surface area (Å²) in [5.74, 6) is 1.10. The number of unbranched alkanes of at least 4 members (excludes halogenated alkanes) is 15. The maximum Gasteiger partial charge on any atom is -0.0623 e. The molecule has 8 heteroatoms. The van der Waals surface area contributed by atoms with Crippen LogP contribution in [0.4, 0.5) is 0 Å². The van der Waals surface area contributed by atoms with E-state index in [-0.39, 0.29) is 53.2 Å². The molecular formula is C71H136O4Sn4. The van der Waals surface area contributed by atoms with Gasteiger partial charge in [0, 0.05) is 0 Å². The van der Waals surface area contributed by atoms with Gasteiger partial charge >= 0.3 is 326 Å². The van der Waals surface area contributed by atoms with Crippen LogP contribution in [0.5, 0.6) is 5.75 Å². The molecule has 0 spiro atoms. The second kappa shape index (κ2) is 99.8. The predicted octanol–water partition coefficient (Wildman–Crippen LogP) is 23.7. The van der Waals surface area contributed by atoms with Crippen molar-refractivity contribution < 1.29 is 17.1 Å². The summed E-state index contributed by atoms with van der Waals surface area (Å²) in [5, 5.41) is 0.